The molecule has 0 saturated heterocycles. The average molecular weight is 267 g/mol. The Balaban J connectivity index is 2.04. The summed E-state index contributed by atoms with van der Waals surface area (Å²) in [5.41, 5.74) is 6.04. The number of hydrogen-bond donors (Lipinski definition) is 1. The highest BCUT2D eigenvalue weighted by atomic mass is 19.1. The van der Waals surface area contributed by atoms with Gasteiger partial charge in [-0.25, -0.2) is 13.2 Å². The third-order valence-corrected chi connectivity index (χ3v) is 2.62. The maximum atomic E-state index is 13.4. The highest BCUT2D eigenvalue weighted by molar-refractivity contribution is 5.25. The van der Waals surface area contributed by atoms with Crippen LogP contribution in [0.25, 0.3) is 0 Å². The predicted octanol–water partition coefficient (Wildman–Crippen LogP) is 3.18. The summed E-state index contributed by atoms with van der Waals surface area (Å²) in [5, 5.41) is 0. The lowest BCUT2D eigenvalue weighted by Gasteiger charge is -2.14. The van der Waals surface area contributed by atoms with Gasteiger partial charge in [0.05, 0.1) is 6.04 Å². The molecule has 2 aromatic rings. The van der Waals surface area contributed by atoms with E-state index in [1.165, 1.54) is 18.2 Å². The minimum absolute atomic E-state index is 0.108. The van der Waals surface area contributed by atoms with Crippen molar-refractivity contribution in [3.05, 3.63) is 65.5 Å². The molecule has 100 valence electrons. The Morgan fingerprint density at radius 1 is 1.00 bits per heavy atom. The zero-order valence-corrected chi connectivity index (χ0v) is 9.95. The van der Waals surface area contributed by atoms with Crippen molar-refractivity contribution in [2.45, 2.75) is 6.04 Å². The number of rotatable bonds is 4. The van der Waals surface area contributed by atoms with Crippen LogP contribution < -0.4 is 10.5 Å². The van der Waals surface area contributed by atoms with Crippen LogP contribution in [0.15, 0.2) is 42.5 Å². The molecule has 2 aromatic carbocycles. The molecule has 1 atom stereocenters. The zero-order chi connectivity index (χ0) is 13.8. The summed E-state index contributed by atoms with van der Waals surface area (Å²) >= 11 is 0. The van der Waals surface area contributed by atoms with Crippen molar-refractivity contribution in [2.24, 2.45) is 5.73 Å². The van der Waals surface area contributed by atoms with Gasteiger partial charge in [-0.1, -0.05) is 18.2 Å². The van der Waals surface area contributed by atoms with Crippen LogP contribution in [0.3, 0.4) is 0 Å². The van der Waals surface area contributed by atoms with Gasteiger partial charge >= 0.3 is 0 Å². The van der Waals surface area contributed by atoms with Crippen LogP contribution in [0.4, 0.5) is 13.2 Å². The maximum absolute atomic E-state index is 13.4. The van der Waals surface area contributed by atoms with Gasteiger partial charge in [0.2, 0.25) is 0 Å². The summed E-state index contributed by atoms with van der Waals surface area (Å²) in [6.07, 6.45) is 0. The SMILES string of the molecule is NC(COc1ccc(F)cc1F)c1ccccc1F. The van der Waals surface area contributed by atoms with Crippen molar-refractivity contribution in [1.82, 2.24) is 0 Å². The van der Waals surface area contributed by atoms with Crippen LogP contribution in [-0.4, -0.2) is 6.61 Å². The normalized spacial score (nSPS) is 12.2. The second-order valence-corrected chi connectivity index (χ2v) is 4.01. The third-order valence-electron chi connectivity index (χ3n) is 2.62. The van der Waals surface area contributed by atoms with Gasteiger partial charge in [0.15, 0.2) is 11.6 Å². The molecule has 0 spiro atoms. The first-order valence-corrected chi connectivity index (χ1v) is 5.66. The van der Waals surface area contributed by atoms with Gasteiger partial charge in [0.1, 0.15) is 18.2 Å². The molecule has 0 saturated carbocycles. The highest BCUT2D eigenvalue weighted by Crippen LogP contribution is 2.20. The van der Waals surface area contributed by atoms with Crippen LogP contribution in [0.5, 0.6) is 5.75 Å². The van der Waals surface area contributed by atoms with Crippen LogP contribution in [0, 0.1) is 17.5 Å². The highest BCUT2D eigenvalue weighted by Gasteiger charge is 2.13. The molecular weight excluding hydrogens is 255 g/mol. The van der Waals surface area contributed by atoms with Crippen LogP contribution in [-0.2, 0) is 0 Å². The van der Waals surface area contributed by atoms with Gasteiger partial charge < -0.3 is 10.5 Å². The number of nitrogens with two attached hydrogens (primary N) is 1. The summed E-state index contributed by atoms with van der Waals surface area (Å²) in [7, 11) is 0. The zero-order valence-electron chi connectivity index (χ0n) is 9.95. The monoisotopic (exact) mass is 267 g/mol. The van der Waals surface area contributed by atoms with E-state index in [0.717, 1.165) is 6.07 Å². The smallest absolute Gasteiger partial charge is 0.167 e. The Morgan fingerprint density at radius 2 is 1.74 bits per heavy atom. The molecule has 1 unspecified atom stereocenters. The molecule has 2 N–H and O–H groups in total. The van der Waals surface area contributed by atoms with Crippen molar-refractivity contribution in [3.8, 4) is 5.75 Å². The fourth-order valence-electron chi connectivity index (χ4n) is 1.64. The summed E-state index contributed by atoms with van der Waals surface area (Å²) in [5.74, 6) is -2.07. The van der Waals surface area contributed by atoms with Crippen LogP contribution >= 0.6 is 0 Å². The molecular formula is C14H12F3NO. The second kappa shape index (κ2) is 5.75. The second-order valence-electron chi connectivity index (χ2n) is 4.01. The fourth-order valence-corrected chi connectivity index (χ4v) is 1.64. The van der Waals surface area contributed by atoms with Crippen molar-refractivity contribution in [1.29, 1.82) is 0 Å². The summed E-state index contributed by atoms with van der Waals surface area (Å²) in [4.78, 5) is 0. The Kier molecular flexibility index (Phi) is 4.06. The van der Waals surface area contributed by atoms with Gasteiger partial charge in [-0.15, -0.1) is 0 Å². The van der Waals surface area contributed by atoms with Gasteiger partial charge in [-0.05, 0) is 18.2 Å². The van der Waals surface area contributed by atoms with Crippen molar-refractivity contribution >= 4 is 0 Å². The van der Waals surface area contributed by atoms with E-state index < -0.39 is 23.5 Å². The fraction of sp³-hybridized carbons (Fsp3) is 0.143. The van der Waals surface area contributed by atoms with E-state index in [2.05, 4.69) is 0 Å². The van der Waals surface area contributed by atoms with E-state index in [9.17, 15) is 13.2 Å². The number of hydrogen-bond acceptors (Lipinski definition) is 2. The molecule has 2 nitrogen and oxygen atoms in total. The van der Waals surface area contributed by atoms with E-state index in [1.54, 1.807) is 12.1 Å². The largest absolute Gasteiger partial charge is 0.489 e. The maximum Gasteiger partial charge on any atom is 0.167 e. The molecule has 0 bridgehead atoms. The quantitative estimate of drug-likeness (QED) is 0.923. The van der Waals surface area contributed by atoms with E-state index in [0.29, 0.717) is 6.07 Å². The first kappa shape index (κ1) is 13.4. The molecule has 5 heteroatoms. The molecule has 0 fully saturated rings. The molecule has 0 aromatic heterocycles. The van der Waals surface area contributed by atoms with Gasteiger partial charge in [-0.3, -0.25) is 0 Å². The Bertz CT molecular complexity index is 574. The number of halogens is 3. The molecule has 0 aliphatic carbocycles. The summed E-state index contributed by atoms with van der Waals surface area (Å²) < 4.78 is 44.6. The lowest BCUT2D eigenvalue weighted by atomic mass is 10.1. The lowest BCUT2D eigenvalue weighted by Crippen LogP contribution is -2.20. The number of benzene rings is 2. The molecule has 0 aliphatic rings. The third kappa shape index (κ3) is 3.26. The van der Waals surface area contributed by atoms with Crippen molar-refractivity contribution in [2.75, 3.05) is 6.61 Å². The summed E-state index contributed by atoms with van der Waals surface area (Å²) in [6, 6.07) is 8.24. The van der Waals surface area contributed by atoms with E-state index in [4.69, 9.17) is 10.5 Å². The van der Waals surface area contributed by atoms with Crippen molar-refractivity contribution in [3.63, 3.8) is 0 Å². The van der Waals surface area contributed by atoms with Crippen LogP contribution in [0.1, 0.15) is 11.6 Å². The molecule has 19 heavy (non-hydrogen) atoms. The molecule has 0 aliphatic heterocycles. The first-order chi connectivity index (χ1) is 9.08. The van der Waals surface area contributed by atoms with Gasteiger partial charge in [0, 0.05) is 11.6 Å². The Labute approximate surface area is 108 Å². The Morgan fingerprint density at radius 3 is 2.42 bits per heavy atom. The Hall–Kier alpha value is -2.01. The summed E-state index contributed by atoms with van der Waals surface area (Å²) in [6.45, 7) is -0.108. The van der Waals surface area contributed by atoms with Crippen LogP contribution in [0.2, 0.25) is 0 Å². The molecule has 0 amide bonds. The number of ether oxygens (including phenoxy) is 1. The molecule has 0 heterocycles. The standard InChI is InChI=1S/C14H12F3NO/c15-9-5-6-14(12(17)7-9)19-8-13(18)10-3-1-2-4-11(10)16/h1-7,13H,8,18H2. The van der Waals surface area contributed by atoms with Crippen molar-refractivity contribution < 1.29 is 17.9 Å². The topological polar surface area (TPSA) is 35.2 Å². The molecule has 0 radical (unpaired) electrons. The predicted molar refractivity (Wildman–Crippen MR) is 65.2 cm³/mol. The van der Waals surface area contributed by atoms with Gasteiger partial charge in [-0.2, -0.15) is 0 Å². The minimum Gasteiger partial charge on any atom is -0.489 e. The average Bonchev–Trinajstić information content (AvgIpc) is 2.38. The van der Waals surface area contributed by atoms with Gasteiger partial charge in [0.25, 0.3) is 0 Å². The molecule has 2 rings (SSSR count). The lowest BCUT2D eigenvalue weighted by molar-refractivity contribution is 0.274. The van der Waals surface area contributed by atoms with E-state index >= 15 is 0 Å². The van der Waals surface area contributed by atoms with E-state index in [1.807, 2.05) is 0 Å². The first-order valence-electron chi connectivity index (χ1n) is 5.66. The van der Waals surface area contributed by atoms with E-state index in [-0.39, 0.29) is 17.9 Å². The minimum atomic E-state index is -0.819.